The van der Waals surface area contributed by atoms with E-state index in [4.69, 9.17) is 15.2 Å². The van der Waals surface area contributed by atoms with Crippen LogP contribution in [0.25, 0.3) is 0 Å². The van der Waals surface area contributed by atoms with Crippen LogP contribution in [-0.4, -0.2) is 57.2 Å². The molecule has 0 spiro atoms. The van der Waals surface area contributed by atoms with Crippen LogP contribution in [0.2, 0.25) is 0 Å². The van der Waals surface area contributed by atoms with Crippen LogP contribution in [0.3, 0.4) is 0 Å². The zero-order valence-corrected chi connectivity index (χ0v) is 12.3. The van der Waals surface area contributed by atoms with Gasteiger partial charge in [0.15, 0.2) is 6.61 Å². The van der Waals surface area contributed by atoms with Crippen LogP contribution in [-0.2, 0) is 14.3 Å². The van der Waals surface area contributed by atoms with Gasteiger partial charge in [0, 0.05) is 26.4 Å². The highest BCUT2D eigenvalue weighted by molar-refractivity contribution is 5.85. The van der Waals surface area contributed by atoms with Crippen LogP contribution < -0.4 is 15.8 Å². The van der Waals surface area contributed by atoms with E-state index >= 15 is 0 Å². The van der Waals surface area contributed by atoms with Gasteiger partial charge in [0.25, 0.3) is 5.91 Å². The Hall–Kier alpha value is -2.28. The van der Waals surface area contributed by atoms with Crippen molar-refractivity contribution in [2.24, 2.45) is 0 Å². The zero-order chi connectivity index (χ0) is 15.7. The maximum atomic E-state index is 11.8. The molecule has 7 nitrogen and oxygen atoms in total. The number of carbonyl (C=O) groups is 2. The summed E-state index contributed by atoms with van der Waals surface area (Å²) in [5.41, 5.74) is 6.18. The standard InChI is InChI=1S/C14H21N3O4/c1-17(9-13(18)16-7-8-20-2)14(19)10-21-12-5-3-11(15)4-6-12/h3-6H,7-10,15H2,1-2H3,(H,16,18). The topological polar surface area (TPSA) is 93.9 Å². The lowest BCUT2D eigenvalue weighted by Gasteiger charge is -2.17. The molecular weight excluding hydrogens is 274 g/mol. The largest absolute Gasteiger partial charge is 0.484 e. The highest BCUT2D eigenvalue weighted by atomic mass is 16.5. The summed E-state index contributed by atoms with van der Waals surface area (Å²) in [6, 6.07) is 6.74. The van der Waals surface area contributed by atoms with Crippen LogP contribution in [0, 0.1) is 0 Å². The number of nitrogens with zero attached hydrogens (tertiary/aromatic N) is 1. The number of benzene rings is 1. The first-order chi connectivity index (χ1) is 10.0. The normalized spacial score (nSPS) is 10.0. The molecule has 0 saturated heterocycles. The second-order valence-electron chi connectivity index (χ2n) is 4.45. The Morgan fingerprint density at radius 3 is 2.57 bits per heavy atom. The predicted octanol–water partition coefficient (Wildman–Crippen LogP) is -0.131. The third-order valence-corrected chi connectivity index (χ3v) is 2.68. The smallest absolute Gasteiger partial charge is 0.260 e. The molecule has 3 N–H and O–H groups in total. The van der Waals surface area contributed by atoms with Gasteiger partial charge in [-0.25, -0.2) is 0 Å². The number of carbonyl (C=O) groups excluding carboxylic acids is 2. The SMILES string of the molecule is COCCNC(=O)CN(C)C(=O)COc1ccc(N)cc1. The van der Waals surface area contributed by atoms with Crippen molar-refractivity contribution in [3.63, 3.8) is 0 Å². The summed E-state index contributed by atoms with van der Waals surface area (Å²) in [7, 11) is 3.10. The van der Waals surface area contributed by atoms with Crippen molar-refractivity contribution in [2.75, 3.05) is 46.2 Å². The second kappa shape index (κ2) is 8.80. The van der Waals surface area contributed by atoms with Crippen LogP contribution >= 0.6 is 0 Å². The van der Waals surface area contributed by atoms with Gasteiger partial charge in [0.05, 0.1) is 13.2 Å². The van der Waals surface area contributed by atoms with Gasteiger partial charge in [0.1, 0.15) is 5.75 Å². The molecule has 0 fully saturated rings. The van der Waals surface area contributed by atoms with Crippen LogP contribution in [0.1, 0.15) is 0 Å². The minimum Gasteiger partial charge on any atom is -0.484 e. The molecule has 1 rings (SSSR count). The molecular formula is C14H21N3O4. The highest BCUT2D eigenvalue weighted by Crippen LogP contribution is 2.12. The molecule has 0 saturated carbocycles. The first kappa shape index (κ1) is 16.8. The Bertz CT molecular complexity index is 462. The van der Waals surface area contributed by atoms with Gasteiger partial charge in [-0.1, -0.05) is 0 Å². The lowest BCUT2D eigenvalue weighted by Crippen LogP contribution is -2.41. The number of amides is 2. The number of likely N-dealkylation sites (N-methyl/N-ethyl adjacent to an activating group) is 1. The average Bonchev–Trinajstić information content (AvgIpc) is 2.46. The maximum absolute atomic E-state index is 11.8. The molecule has 1 aromatic rings. The number of ether oxygens (including phenoxy) is 2. The van der Waals surface area contributed by atoms with E-state index in [-0.39, 0.29) is 25.0 Å². The maximum Gasteiger partial charge on any atom is 0.260 e. The van der Waals surface area contributed by atoms with Gasteiger partial charge in [-0.15, -0.1) is 0 Å². The molecule has 0 aliphatic carbocycles. The molecule has 1 aromatic carbocycles. The van der Waals surface area contributed by atoms with Crippen molar-refractivity contribution in [3.8, 4) is 5.75 Å². The molecule has 0 aliphatic heterocycles. The van der Waals surface area contributed by atoms with Crippen LogP contribution in [0.5, 0.6) is 5.75 Å². The van der Waals surface area contributed by atoms with Crippen molar-refractivity contribution < 1.29 is 19.1 Å². The fourth-order valence-electron chi connectivity index (χ4n) is 1.47. The van der Waals surface area contributed by atoms with E-state index in [1.165, 1.54) is 4.90 Å². The van der Waals surface area contributed by atoms with Crippen LogP contribution in [0.15, 0.2) is 24.3 Å². The molecule has 0 aliphatic rings. The van der Waals surface area contributed by atoms with Gasteiger partial charge >= 0.3 is 0 Å². The van der Waals surface area contributed by atoms with Gasteiger partial charge < -0.3 is 25.4 Å². The third kappa shape index (κ3) is 6.62. The number of nitrogens with one attached hydrogen (secondary N) is 1. The zero-order valence-electron chi connectivity index (χ0n) is 12.3. The molecule has 21 heavy (non-hydrogen) atoms. The Kier molecular flexibility index (Phi) is 7.03. The lowest BCUT2D eigenvalue weighted by atomic mass is 10.3. The lowest BCUT2D eigenvalue weighted by molar-refractivity contribution is -0.136. The molecule has 116 valence electrons. The summed E-state index contributed by atoms with van der Waals surface area (Å²) in [6.45, 7) is 0.697. The van der Waals surface area contributed by atoms with Crippen LogP contribution in [0.4, 0.5) is 5.69 Å². The summed E-state index contributed by atoms with van der Waals surface area (Å²) < 4.78 is 10.1. The first-order valence-corrected chi connectivity index (χ1v) is 6.51. The molecule has 0 unspecified atom stereocenters. The summed E-state index contributed by atoms with van der Waals surface area (Å²) in [4.78, 5) is 24.7. The van der Waals surface area contributed by atoms with Crippen molar-refractivity contribution >= 4 is 17.5 Å². The average molecular weight is 295 g/mol. The van der Waals surface area contributed by atoms with Crippen molar-refractivity contribution in [2.45, 2.75) is 0 Å². The van der Waals surface area contributed by atoms with E-state index < -0.39 is 0 Å². The summed E-state index contributed by atoms with van der Waals surface area (Å²) >= 11 is 0. The van der Waals surface area contributed by atoms with E-state index in [1.807, 2.05) is 0 Å². The van der Waals surface area contributed by atoms with E-state index in [0.29, 0.717) is 24.6 Å². The Morgan fingerprint density at radius 2 is 1.95 bits per heavy atom. The predicted molar refractivity (Wildman–Crippen MR) is 78.9 cm³/mol. The van der Waals surface area contributed by atoms with Gasteiger partial charge in [-0.2, -0.15) is 0 Å². The van der Waals surface area contributed by atoms with Crippen molar-refractivity contribution in [1.82, 2.24) is 10.2 Å². The molecule has 2 amide bonds. The third-order valence-electron chi connectivity index (χ3n) is 2.68. The fourth-order valence-corrected chi connectivity index (χ4v) is 1.47. The second-order valence-corrected chi connectivity index (χ2v) is 4.45. The first-order valence-electron chi connectivity index (χ1n) is 6.51. The van der Waals surface area contributed by atoms with Crippen molar-refractivity contribution in [1.29, 1.82) is 0 Å². The Balaban J connectivity index is 2.30. The van der Waals surface area contributed by atoms with Gasteiger partial charge in [0.2, 0.25) is 5.91 Å². The fraction of sp³-hybridized carbons (Fsp3) is 0.429. The number of methoxy groups -OCH3 is 1. The van der Waals surface area contributed by atoms with Crippen molar-refractivity contribution in [3.05, 3.63) is 24.3 Å². The quantitative estimate of drug-likeness (QED) is 0.514. The van der Waals surface area contributed by atoms with Gasteiger partial charge in [-0.05, 0) is 24.3 Å². The Labute approximate surface area is 124 Å². The monoisotopic (exact) mass is 295 g/mol. The molecule has 0 heterocycles. The molecule has 0 aromatic heterocycles. The molecule has 0 bridgehead atoms. The minimum atomic E-state index is -0.284. The summed E-state index contributed by atoms with van der Waals surface area (Å²) in [6.07, 6.45) is 0. The van der Waals surface area contributed by atoms with E-state index in [2.05, 4.69) is 5.32 Å². The number of nitrogen functional groups attached to an aromatic ring is 1. The number of anilines is 1. The number of rotatable bonds is 8. The van der Waals surface area contributed by atoms with E-state index in [1.54, 1.807) is 38.4 Å². The van der Waals surface area contributed by atoms with Gasteiger partial charge in [-0.3, -0.25) is 9.59 Å². The molecule has 0 radical (unpaired) electrons. The summed E-state index contributed by atoms with van der Waals surface area (Å²) in [5, 5.41) is 2.64. The highest BCUT2D eigenvalue weighted by Gasteiger charge is 2.13. The van der Waals surface area contributed by atoms with E-state index in [0.717, 1.165) is 0 Å². The minimum absolute atomic E-state index is 0.0202. The number of hydrogen-bond donors (Lipinski definition) is 2. The molecule has 7 heteroatoms. The molecule has 0 atom stereocenters. The number of hydrogen-bond acceptors (Lipinski definition) is 5. The Morgan fingerprint density at radius 1 is 1.29 bits per heavy atom. The van der Waals surface area contributed by atoms with E-state index in [9.17, 15) is 9.59 Å². The number of nitrogens with two attached hydrogens (primary N) is 1. The summed E-state index contributed by atoms with van der Waals surface area (Å²) in [5.74, 6) is 0.0274.